The second-order valence-corrected chi connectivity index (χ2v) is 3.42. The molecular formula is C11H9ClO2. The van der Waals surface area contributed by atoms with E-state index in [2.05, 4.69) is 0 Å². The van der Waals surface area contributed by atoms with Gasteiger partial charge in [0.15, 0.2) is 0 Å². The standard InChI is InChI=1S/C11H9ClO2/c1-14-9-3-2-7-4-8(13)5-11(12)10(7)6-9/h2-6,13H,1H3. The molecule has 0 heterocycles. The molecule has 0 unspecified atom stereocenters. The Kier molecular flexibility index (Phi) is 2.22. The third kappa shape index (κ3) is 1.49. The van der Waals surface area contributed by atoms with Gasteiger partial charge in [0, 0.05) is 5.39 Å². The van der Waals surface area contributed by atoms with E-state index in [0.29, 0.717) is 5.02 Å². The summed E-state index contributed by atoms with van der Waals surface area (Å²) >= 11 is 5.98. The van der Waals surface area contributed by atoms with E-state index in [0.717, 1.165) is 16.5 Å². The molecule has 2 nitrogen and oxygen atoms in total. The third-order valence-electron chi connectivity index (χ3n) is 2.10. The number of hydrogen-bond acceptors (Lipinski definition) is 2. The Morgan fingerprint density at radius 3 is 2.71 bits per heavy atom. The summed E-state index contributed by atoms with van der Waals surface area (Å²) in [6.07, 6.45) is 0. The van der Waals surface area contributed by atoms with Crippen molar-refractivity contribution in [2.24, 2.45) is 0 Å². The van der Waals surface area contributed by atoms with Crippen molar-refractivity contribution in [3.63, 3.8) is 0 Å². The van der Waals surface area contributed by atoms with Gasteiger partial charge in [-0.2, -0.15) is 0 Å². The van der Waals surface area contributed by atoms with Crippen LogP contribution in [-0.4, -0.2) is 12.2 Å². The van der Waals surface area contributed by atoms with Crippen LogP contribution in [0.5, 0.6) is 11.5 Å². The molecule has 0 bridgehead atoms. The molecule has 0 radical (unpaired) electrons. The summed E-state index contributed by atoms with van der Waals surface area (Å²) < 4.78 is 5.09. The van der Waals surface area contributed by atoms with Gasteiger partial charge in [-0.1, -0.05) is 17.7 Å². The Labute approximate surface area is 86.7 Å². The van der Waals surface area contributed by atoms with E-state index in [-0.39, 0.29) is 5.75 Å². The highest BCUT2D eigenvalue weighted by atomic mass is 35.5. The number of ether oxygens (including phenoxy) is 1. The summed E-state index contributed by atoms with van der Waals surface area (Å²) in [6.45, 7) is 0. The summed E-state index contributed by atoms with van der Waals surface area (Å²) in [4.78, 5) is 0. The summed E-state index contributed by atoms with van der Waals surface area (Å²) in [6, 6.07) is 8.72. The minimum atomic E-state index is 0.174. The first-order chi connectivity index (χ1) is 6.70. The molecule has 0 amide bonds. The fraction of sp³-hybridized carbons (Fsp3) is 0.0909. The highest BCUT2D eigenvalue weighted by Gasteiger charge is 2.02. The number of hydrogen-bond donors (Lipinski definition) is 1. The maximum Gasteiger partial charge on any atom is 0.119 e. The smallest absolute Gasteiger partial charge is 0.119 e. The molecule has 0 saturated heterocycles. The van der Waals surface area contributed by atoms with Crippen LogP contribution in [0.4, 0.5) is 0 Å². The van der Waals surface area contributed by atoms with Gasteiger partial charge in [-0.05, 0) is 29.7 Å². The first kappa shape index (κ1) is 9.16. The molecule has 0 fully saturated rings. The Bertz CT molecular complexity index is 480. The van der Waals surface area contributed by atoms with Gasteiger partial charge in [0.1, 0.15) is 11.5 Å². The zero-order chi connectivity index (χ0) is 10.1. The Morgan fingerprint density at radius 1 is 1.21 bits per heavy atom. The first-order valence-corrected chi connectivity index (χ1v) is 4.55. The number of methoxy groups -OCH3 is 1. The molecule has 2 aromatic rings. The molecule has 0 spiro atoms. The average molecular weight is 209 g/mol. The van der Waals surface area contributed by atoms with E-state index in [4.69, 9.17) is 16.3 Å². The minimum absolute atomic E-state index is 0.174. The van der Waals surface area contributed by atoms with E-state index < -0.39 is 0 Å². The molecule has 0 aliphatic carbocycles. The molecule has 2 aromatic carbocycles. The van der Waals surface area contributed by atoms with Crippen LogP contribution >= 0.6 is 11.6 Å². The van der Waals surface area contributed by atoms with Crippen LogP contribution in [0.3, 0.4) is 0 Å². The van der Waals surface area contributed by atoms with Crippen LogP contribution in [0.15, 0.2) is 30.3 Å². The largest absolute Gasteiger partial charge is 0.508 e. The van der Waals surface area contributed by atoms with Crippen LogP contribution in [0.2, 0.25) is 5.02 Å². The zero-order valence-corrected chi connectivity index (χ0v) is 8.38. The molecular weight excluding hydrogens is 200 g/mol. The number of phenolic OH excluding ortho intramolecular Hbond substituents is 1. The summed E-state index contributed by atoms with van der Waals surface area (Å²) in [5.41, 5.74) is 0. The van der Waals surface area contributed by atoms with Gasteiger partial charge in [-0.15, -0.1) is 0 Å². The van der Waals surface area contributed by atoms with Crippen molar-refractivity contribution in [2.75, 3.05) is 7.11 Å². The van der Waals surface area contributed by atoms with Crippen molar-refractivity contribution in [3.8, 4) is 11.5 Å². The van der Waals surface area contributed by atoms with Crippen molar-refractivity contribution in [1.82, 2.24) is 0 Å². The van der Waals surface area contributed by atoms with Crippen molar-refractivity contribution in [1.29, 1.82) is 0 Å². The van der Waals surface area contributed by atoms with Crippen molar-refractivity contribution in [2.45, 2.75) is 0 Å². The van der Waals surface area contributed by atoms with Gasteiger partial charge in [0.05, 0.1) is 12.1 Å². The normalized spacial score (nSPS) is 10.4. The number of aromatic hydroxyl groups is 1. The van der Waals surface area contributed by atoms with Crippen molar-refractivity contribution >= 4 is 22.4 Å². The van der Waals surface area contributed by atoms with Gasteiger partial charge >= 0.3 is 0 Å². The predicted octanol–water partition coefficient (Wildman–Crippen LogP) is 3.21. The van der Waals surface area contributed by atoms with Crippen molar-refractivity contribution in [3.05, 3.63) is 35.4 Å². The topological polar surface area (TPSA) is 29.5 Å². The summed E-state index contributed by atoms with van der Waals surface area (Å²) in [7, 11) is 1.61. The fourth-order valence-electron chi connectivity index (χ4n) is 1.40. The van der Waals surface area contributed by atoms with Gasteiger partial charge in [-0.25, -0.2) is 0 Å². The fourth-order valence-corrected chi connectivity index (χ4v) is 1.68. The predicted molar refractivity (Wildman–Crippen MR) is 57.2 cm³/mol. The van der Waals surface area contributed by atoms with Crippen LogP contribution < -0.4 is 4.74 Å². The maximum absolute atomic E-state index is 9.32. The maximum atomic E-state index is 9.32. The highest BCUT2D eigenvalue weighted by Crippen LogP contribution is 2.30. The van der Waals surface area contributed by atoms with E-state index >= 15 is 0 Å². The zero-order valence-electron chi connectivity index (χ0n) is 7.62. The molecule has 0 aromatic heterocycles. The Hall–Kier alpha value is -1.41. The molecule has 0 aliphatic rings. The van der Waals surface area contributed by atoms with Gasteiger partial charge in [-0.3, -0.25) is 0 Å². The average Bonchev–Trinajstić information content (AvgIpc) is 2.17. The monoisotopic (exact) mass is 208 g/mol. The van der Waals surface area contributed by atoms with E-state index in [1.807, 2.05) is 18.2 Å². The lowest BCUT2D eigenvalue weighted by atomic mass is 10.1. The molecule has 0 atom stereocenters. The number of phenols is 1. The molecule has 1 N–H and O–H groups in total. The van der Waals surface area contributed by atoms with Crippen LogP contribution in [0.25, 0.3) is 10.8 Å². The van der Waals surface area contributed by atoms with Crippen molar-refractivity contribution < 1.29 is 9.84 Å². The molecule has 3 heteroatoms. The first-order valence-electron chi connectivity index (χ1n) is 4.17. The molecule has 72 valence electrons. The number of benzene rings is 2. The van der Waals surface area contributed by atoms with Crippen LogP contribution in [-0.2, 0) is 0 Å². The third-order valence-corrected chi connectivity index (χ3v) is 2.41. The second kappa shape index (κ2) is 3.39. The van der Waals surface area contributed by atoms with Gasteiger partial charge in [0.25, 0.3) is 0 Å². The van der Waals surface area contributed by atoms with Crippen LogP contribution in [0.1, 0.15) is 0 Å². The minimum Gasteiger partial charge on any atom is -0.508 e. The Balaban J connectivity index is 2.75. The lowest BCUT2D eigenvalue weighted by Crippen LogP contribution is -1.82. The molecule has 14 heavy (non-hydrogen) atoms. The highest BCUT2D eigenvalue weighted by molar-refractivity contribution is 6.35. The second-order valence-electron chi connectivity index (χ2n) is 3.01. The lowest BCUT2D eigenvalue weighted by molar-refractivity contribution is 0.415. The summed E-state index contributed by atoms with van der Waals surface area (Å²) in [5, 5.41) is 11.6. The Morgan fingerprint density at radius 2 is 2.00 bits per heavy atom. The van der Waals surface area contributed by atoms with E-state index in [9.17, 15) is 5.11 Å². The van der Waals surface area contributed by atoms with Gasteiger partial charge in [0.2, 0.25) is 0 Å². The SMILES string of the molecule is COc1ccc2cc(O)cc(Cl)c2c1. The van der Waals surface area contributed by atoms with Crippen LogP contribution in [0, 0.1) is 0 Å². The van der Waals surface area contributed by atoms with E-state index in [1.54, 1.807) is 13.2 Å². The quantitative estimate of drug-likeness (QED) is 0.780. The molecule has 0 aliphatic heterocycles. The van der Waals surface area contributed by atoms with Gasteiger partial charge < -0.3 is 9.84 Å². The molecule has 0 saturated carbocycles. The van der Waals surface area contributed by atoms with E-state index in [1.165, 1.54) is 6.07 Å². The molecule has 2 rings (SSSR count). The number of halogens is 1. The number of rotatable bonds is 1. The number of fused-ring (bicyclic) bond motifs is 1. The summed E-state index contributed by atoms with van der Waals surface area (Å²) in [5.74, 6) is 0.928. The lowest BCUT2D eigenvalue weighted by Gasteiger charge is -2.04.